The summed E-state index contributed by atoms with van der Waals surface area (Å²) in [4.78, 5) is 16.4. The Morgan fingerprint density at radius 1 is 1.24 bits per heavy atom. The Morgan fingerprint density at radius 2 is 1.95 bits per heavy atom. The highest BCUT2D eigenvalue weighted by Crippen LogP contribution is 2.30. The molecule has 0 spiro atoms. The van der Waals surface area contributed by atoms with Crippen LogP contribution in [-0.4, -0.2) is 22.4 Å². The van der Waals surface area contributed by atoms with Gasteiger partial charge in [0.25, 0.3) is 0 Å². The zero-order valence-corrected chi connectivity index (χ0v) is 12.7. The van der Waals surface area contributed by atoms with Gasteiger partial charge in [0.15, 0.2) is 0 Å². The van der Waals surface area contributed by atoms with Gasteiger partial charge in [-0.3, -0.25) is 0 Å². The first-order valence-corrected chi connectivity index (χ1v) is 7.54. The second-order valence-electron chi connectivity index (χ2n) is 6.05. The molecular weight excluding hydrogens is 266 g/mol. The molecule has 0 saturated heterocycles. The number of aliphatic carboxylic acids is 1. The van der Waals surface area contributed by atoms with E-state index in [0.29, 0.717) is 0 Å². The number of hydrogen-bond acceptors (Lipinski definition) is 3. The summed E-state index contributed by atoms with van der Waals surface area (Å²) >= 11 is 0. The molecule has 114 valence electrons. The summed E-state index contributed by atoms with van der Waals surface area (Å²) in [5, 5.41) is 13.3. The number of benzene rings is 1. The maximum atomic E-state index is 11.1. The molecule has 2 rings (SSSR count). The second-order valence-corrected chi connectivity index (χ2v) is 6.05. The van der Waals surface area contributed by atoms with Crippen LogP contribution in [0.25, 0.3) is 0 Å². The van der Waals surface area contributed by atoms with E-state index in [2.05, 4.69) is 17.3 Å². The van der Waals surface area contributed by atoms with Crippen LogP contribution < -0.4 is 0 Å². The van der Waals surface area contributed by atoms with E-state index in [9.17, 15) is 4.79 Å². The van der Waals surface area contributed by atoms with Crippen LogP contribution in [-0.2, 0) is 9.63 Å². The first-order chi connectivity index (χ1) is 10.0. The second kappa shape index (κ2) is 6.74. The number of carboxylic acids is 1. The standard InChI is InChI=1S/C17H23NO3/c1-17(2,16(19)20)21-18-15-12-8-4-7-11-14(15)13-9-5-3-6-10-13/h3,5-6,9-10,14H,4,7-8,11-12H2,1-2H3,(H,19,20)/b18-15-. The minimum absolute atomic E-state index is 0.235. The topological polar surface area (TPSA) is 58.9 Å². The molecule has 1 fully saturated rings. The Balaban J connectivity index is 2.22. The Bertz CT molecular complexity index is 508. The van der Waals surface area contributed by atoms with Crippen LogP contribution in [0.3, 0.4) is 0 Å². The number of carbonyl (C=O) groups is 1. The van der Waals surface area contributed by atoms with Crippen LogP contribution in [0.4, 0.5) is 0 Å². The highest BCUT2D eigenvalue weighted by atomic mass is 16.7. The molecule has 4 heteroatoms. The van der Waals surface area contributed by atoms with Crippen LogP contribution in [0.15, 0.2) is 35.5 Å². The molecule has 1 unspecified atom stereocenters. The van der Waals surface area contributed by atoms with Crippen molar-refractivity contribution in [1.29, 1.82) is 0 Å². The summed E-state index contributed by atoms with van der Waals surface area (Å²) in [5.74, 6) is -0.768. The highest BCUT2D eigenvalue weighted by Gasteiger charge is 2.30. The molecular formula is C17H23NO3. The van der Waals surface area contributed by atoms with E-state index in [1.807, 2.05) is 18.2 Å². The van der Waals surface area contributed by atoms with Gasteiger partial charge in [-0.1, -0.05) is 48.3 Å². The summed E-state index contributed by atoms with van der Waals surface area (Å²) < 4.78 is 0. The van der Waals surface area contributed by atoms with Crippen LogP contribution in [0, 0.1) is 0 Å². The third-order valence-electron chi connectivity index (χ3n) is 3.94. The van der Waals surface area contributed by atoms with Crippen LogP contribution in [0.2, 0.25) is 0 Å². The molecule has 4 nitrogen and oxygen atoms in total. The molecule has 1 N–H and O–H groups in total. The van der Waals surface area contributed by atoms with Gasteiger partial charge in [0.2, 0.25) is 5.60 Å². The van der Waals surface area contributed by atoms with Crippen molar-refractivity contribution in [2.75, 3.05) is 0 Å². The van der Waals surface area contributed by atoms with Crippen molar-refractivity contribution < 1.29 is 14.7 Å². The van der Waals surface area contributed by atoms with Crippen molar-refractivity contribution in [1.82, 2.24) is 0 Å². The molecule has 21 heavy (non-hydrogen) atoms. The van der Waals surface area contributed by atoms with Gasteiger partial charge in [-0.2, -0.15) is 0 Å². The van der Waals surface area contributed by atoms with Crippen molar-refractivity contribution in [3.8, 4) is 0 Å². The molecule has 1 aromatic carbocycles. The predicted molar refractivity (Wildman–Crippen MR) is 82.5 cm³/mol. The van der Waals surface area contributed by atoms with Crippen molar-refractivity contribution in [2.45, 2.75) is 57.5 Å². The molecule has 0 aromatic heterocycles. The lowest BCUT2D eigenvalue weighted by Crippen LogP contribution is -2.33. The molecule has 0 aliphatic heterocycles. The SMILES string of the molecule is CC(C)(O/N=C1/CCCCCC1c1ccccc1)C(=O)O. The predicted octanol–water partition coefficient (Wildman–Crippen LogP) is 3.97. The average Bonchev–Trinajstić information content (AvgIpc) is 2.71. The number of carboxylic acid groups (broad SMARTS) is 1. The first kappa shape index (κ1) is 15.5. The molecule has 1 aromatic rings. The van der Waals surface area contributed by atoms with Crippen LogP contribution >= 0.6 is 0 Å². The van der Waals surface area contributed by atoms with Crippen molar-refractivity contribution >= 4 is 11.7 Å². The summed E-state index contributed by atoms with van der Waals surface area (Å²) in [5.41, 5.74) is 0.906. The maximum absolute atomic E-state index is 11.1. The summed E-state index contributed by atoms with van der Waals surface area (Å²) in [6, 6.07) is 10.3. The third-order valence-corrected chi connectivity index (χ3v) is 3.94. The maximum Gasteiger partial charge on any atom is 0.350 e. The van der Waals surface area contributed by atoms with E-state index in [1.54, 1.807) is 0 Å². The number of nitrogens with zero attached hydrogens (tertiary/aromatic N) is 1. The van der Waals surface area contributed by atoms with E-state index in [4.69, 9.17) is 9.94 Å². The minimum Gasteiger partial charge on any atom is -0.478 e. The lowest BCUT2D eigenvalue weighted by molar-refractivity contribution is -0.161. The van der Waals surface area contributed by atoms with Crippen molar-refractivity contribution in [3.05, 3.63) is 35.9 Å². The molecule has 1 atom stereocenters. The normalized spacial score (nSPS) is 21.8. The molecule has 1 aliphatic carbocycles. The Hall–Kier alpha value is -1.84. The van der Waals surface area contributed by atoms with Crippen LogP contribution in [0.1, 0.15) is 57.4 Å². The fourth-order valence-electron chi connectivity index (χ4n) is 2.54. The largest absolute Gasteiger partial charge is 0.478 e. The van der Waals surface area contributed by atoms with E-state index in [-0.39, 0.29) is 5.92 Å². The molecule has 1 saturated carbocycles. The van der Waals surface area contributed by atoms with Gasteiger partial charge in [0, 0.05) is 5.92 Å². The van der Waals surface area contributed by atoms with Gasteiger partial charge < -0.3 is 9.94 Å². The van der Waals surface area contributed by atoms with E-state index >= 15 is 0 Å². The summed E-state index contributed by atoms with van der Waals surface area (Å²) in [6.45, 7) is 3.04. The Labute approximate surface area is 125 Å². The van der Waals surface area contributed by atoms with E-state index in [1.165, 1.54) is 32.3 Å². The van der Waals surface area contributed by atoms with Crippen LogP contribution in [0.5, 0.6) is 0 Å². The number of rotatable bonds is 4. The molecule has 0 heterocycles. The Morgan fingerprint density at radius 3 is 2.62 bits per heavy atom. The molecule has 0 bridgehead atoms. The van der Waals surface area contributed by atoms with Crippen molar-refractivity contribution in [2.24, 2.45) is 5.16 Å². The minimum atomic E-state index is -1.29. The lowest BCUT2D eigenvalue weighted by Gasteiger charge is -2.21. The van der Waals surface area contributed by atoms with Gasteiger partial charge >= 0.3 is 5.97 Å². The zero-order chi connectivity index (χ0) is 15.3. The zero-order valence-electron chi connectivity index (χ0n) is 12.7. The smallest absolute Gasteiger partial charge is 0.350 e. The fraction of sp³-hybridized carbons (Fsp3) is 0.529. The van der Waals surface area contributed by atoms with Crippen molar-refractivity contribution in [3.63, 3.8) is 0 Å². The van der Waals surface area contributed by atoms with Gasteiger partial charge in [-0.05, 0) is 38.7 Å². The average molecular weight is 289 g/mol. The van der Waals surface area contributed by atoms with Gasteiger partial charge in [-0.25, -0.2) is 4.79 Å². The quantitative estimate of drug-likeness (QED) is 0.674. The third kappa shape index (κ3) is 4.06. The highest BCUT2D eigenvalue weighted by molar-refractivity contribution is 5.91. The monoisotopic (exact) mass is 289 g/mol. The Kier molecular flexibility index (Phi) is 4.99. The van der Waals surface area contributed by atoms with Gasteiger partial charge in [0.1, 0.15) is 0 Å². The van der Waals surface area contributed by atoms with E-state index < -0.39 is 11.6 Å². The van der Waals surface area contributed by atoms with E-state index in [0.717, 1.165) is 25.0 Å². The first-order valence-electron chi connectivity index (χ1n) is 7.54. The van der Waals surface area contributed by atoms with Gasteiger partial charge in [0.05, 0.1) is 5.71 Å². The molecule has 1 aliphatic rings. The molecule has 0 amide bonds. The summed E-state index contributed by atoms with van der Waals surface area (Å²) in [7, 11) is 0. The summed E-state index contributed by atoms with van der Waals surface area (Å²) in [6.07, 6.45) is 5.35. The molecule has 0 radical (unpaired) electrons. The number of oxime groups is 1. The fourth-order valence-corrected chi connectivity index (χ4v) is 2.54. The number of hydrogen-bond donors (Lipinski definition) is 1. The lowest BCUT2D eigenvalue weighted by atomic mass is 9.90. The van der Waals surface area contributed by atoms with Gasteiger partial charge in [-0.15, -0.1) is 0 Å².